The first-order valence-electron chi connectivity index (χ1n) is 7.96. The molecule has 0 fully saturated rings. The van der Waals surface area contributed by atoms with Crippen LogP contribution in [0, 0.1) is 12.7 Å². The Bertz CT molecular complexity index is 1270. The molecule has 1 aromatic carbocycles. The number of pyridine rings is 2. The van der Waals surface area contributed by atoms with E-state index in [1.54, 1.807) is 30.3 Å². The van der Waals surface area contributed by atoms with Crippen molar-refractivity contribution in [3.8, 4) is 11.1 Å². The molecule has 4 aromatic rings. The summed E-state index contributed by atoms with van der Waals surface area (Å²) in [4.78, 5) is 8.30. The van der Waals surface area contributed by atoms with Gasteiger partial charge >= 0.3 is 0 Å². The Morgan fingerprint density at radius 1 is 1.07 bits per heavy atom. The Morgan fingerprint density at radius 3 is 2.52 bits per heavy atom. The van der Waals surface area contributed by atoms with E-state index in [-0.39, 0.29) is 10.5 Å². The fourth-order valence-corrected chi connectivity index (χ4v) is 4.51. The molecular weight excluding hydrogens is 433 g/mol. The zero-order valence-corrected chi connectivity index (χ0v) is 16.5. The Labute approximate surface area is 163 Å². The van der Waals surface area contributed by atoms with Crippen molar-refractivity contribution in [3.63, 3.8) is 0 Å². The van der Waals surface area contributed by atoms with Crippen LogP contribution in [0.3, 0.4) is 0 Å². The standard InChI is InChI=1S/C19H13BrFN3O2S/c1-12-2-4-16(5-3-12)27(25,26)24-11-18(13-6-15(21)10-22-8-13)17-7-14(20)9-23-19(17)24/h2-11H,1H3. The Balaban J connectivity index is 2.01. The average molecular weight is 446 g/mol. The Hall–Kier alpha value is -2.58. The van der Waals surface area contributed by atoms with E-state index in [0.717, 1.165) is 15.7 Å². The predicted molar refractivity (Wildman–Crippen MR) is 104 cm³/mol. The molecule has 136 valence electrons. The van der Waals surface area contributed by atoms with Crippen molar-refractivity contribution in [2.24, 2.45) is 0 Å². The fraction of sp³-hybridized carbons (Fsp3) is 0.0526. The lowest BCUT2D eigenvalue weighted by molar-refractivity contribution is 0.589. The number of hydrogen-bond donors (Lipinski definition) is 0. The van der Waals surface area contributed by atoms with Gasteiger partial charge in [0.05, 0.1) is 11.1 Å². The minimum atomic E-state index is -3.87. The average Bonchev–Trinajstić information content (AvgIpc) is 3.01. The number of hydrogen-bond acceptors (Lipinski definition) is 4. The van der Waals surface area contributed by atoms with Gasteiger partial charge in [0.15, 0.2) is 5.65 Å². The highest BCUT2D eigenvalue weighted by Gasteiger charge is 2.23. The summed E-state index contributed by atoms with van der Waals surface area (Å²) >= 11 is 3.36. The minimum Gasteiger partial charge on any atom is -0.261 e. The molecule has 0 bridgehead atoms. The summed E-state index contributed by atoms with van der Waals surface area (Å²) in [6, 6.07) is 9.65. The predicted octanol–water partition coefficient (Wildman–Crippen LogP) is 4.55. The SMILES string of the molecule is Cc1ccc(S(=O)(=O)n2cc(-c3cncc(F)c3)c3cc(Br)cnc32)cc1. The van der Waals surface area contributed by atoms with Crippen molar-refractivity contribution >= 4 is 37.0 Å². The quantitative estimate of drug-likeness (QED) is 0.464. The molecule has 0 saturated heterocycles. The molecule has 0 radical (unpaired) electrons. The van der Waals surface area contributed by atoms with Gasteiger partial charge in [-0.25, -0.2) is 21.8 Å². The van der Waals surface area contributed by atoms with E-state index in [1.807, 2.05) is 6.92 Å². The van der Waals surface area contributed by atoms with Gasteiger partial charge in [0.1, 0.15) is 5.82 Å². The number of aromatic nitrogens is 3. The summed E-state index contributed by atoms with van der Waals surface area (Å²) in [6.45, 7) is 1.88. The highest BCUT2D eigenvalue weighted by atomic mass is 79.9. The summed E-state index contributed by atoms with van der Waals surface area (Å²) in [5.74, 6) is -0.502. The zero-order chi connectivity index (χ0) is 19.2. The van der Waals surface area contributed by atoms with Crippen LogP contribution in [0.25, 0.3) is 22.2 Å². The molecule has 4 rings (SSSR count). The van der Waals surface area contributed by atoms with Crippen LogP contribution in [0.2, 0.25) is 0 Å². The van der Waals surface area contributed by atoms with Gasteiger partial charge in [0.25, 0.3) is 10.0 Å². The van der Waals surface area contributed by atoms with E-state index in [4.69, 9.17) is 0 Å². The highest BCUT2D eigenvalue weighted by Crippen LogP contribution is 2.33. The summed E-state index contributed by atoms with van der Waals surface area (Å²) in [5.41, 5.74) is 2.22. The smallest absolute Gasteiger partial charge is 0.261 e. The zero-order valence-electron chi connectivity index (χ0n) is 14.1. The largest absolute Gasteiger partial charge is 0.269 e. The second-order valence-corrected chi connectivity index (χ2v) is 8.80. The second-order valence-electron chi connectivity index (χ2n) is 6.07. The molecule has 3 aromatic heterocycles. The van der Waals surface area contributed by atoms with Gasteiger partial charge in [-0.3, -0.25) is 4.98 Å². The molecule has 0 aliphatic heterocycles. The van der Waals surface area contributed by atoms with E-state index in [2.05, 4.69) is 25.9 Å². The lowest BCUT2D eigenvalue weighted by Gasteiger charge is -2.07. The molecule has 0 spiro atoms. The van der Waals surface area contributed by atoms with Crippen LogP contribution >= 0.6 is 15.9 Å². The van der Waals surface area contributed by atoms with Crippen LogP contribution in [0.4, 0.5) is 4.39 Å². The van der Waals surface area contributed by atoms with E-state index >= 15 is 0 Å². The molecule has 8 heteroatoms. The molecule has 0 N–H and O–H groups in total. The maximum atomic E-state index is 13.7. The van der Waals surface area contributed by atoms with Crippen molar-refractivity contribution in [3.05, 3.63) is 77.0 Å². The fourth-order valence-electron chi connectivity index (χ4n) is 2.85. The lowest BCUT2D eigenvalue weighted by Crippen LogP contribution is -2.12. The van der Waals surface area contributed by atoms with Crippen molar-refractivity contribution in [1.29, 1.82) is 0 Å². The van der Waals surface area contributed by atoms with E-state index in [0.29, 0.717) is 21.0 Å². The third-order valence-electron chi connectivity index (χ3n) is 4.17. The first-order valence-corrected chi connectivity index (χ1v) is 10.2. The van der Waals surface area contributed by atoms with Gasteiger partial charge in [0.2, 0.25) is 0 Å². The van der Waals surface area contributed by atoms with Gasteiger partial charge in [0, 0.05) is 39.6 Å². The van der Waals surface area contributed by atoms with Crippen molar-refractivity contribution < 1.29 is 12.8 Å². The molecule has 0 saturated carbocycles. The van der Waals surface area contributed by atoms with Crippen molar-refractivity contribution in [2.75, 3.05) is 0 Å². The van der Waals surface area contributed by atoms with Gasteiger partial charge in [-0.15, -0.1) is 0 Å². The Kier molecular flexibility index (Phi) is 4.32. The molecule has 0 amide bonds. The van der Waals surface area contributed by atoms with Crippen molar-refractivity contribution in [2.45, 2.75) is 11.8 Å². The molecule has 0 aliphatic carbocycles. The van der Waals surface area contributed by atoms with Crippen LogP contribution < -0.4 is 0 Å². The number of halogens is 2. The first kappa shape index (κ1) is 17.8. The maximum Gasteiger partial charge on any atom is 0.269 e. The first-order chi connectivity index (χ1) is 12.9. The number of aryl methyl sites for hydroxylation is 1. The molecule has 5 nitrogen and oxygen atoms in total. The third kappa shape index (κ3) is 3.15. The topological polar surface area (TPSA) is 64.8 Å². The van der Waals surface area contributed by atoms with Crippen molar-refractivity contribution in [1.82, 2.24) is 13.9 Å². The number of nitrogens with zero attached hydrogens (tertiary/aromatic N) is 3. The normalized spacial score (nSPS) is 11.8. The number of benzene rings is 1. The van der Waals surface area contributed by atoms with Crippen LogP contribution in [0.1, 0.15) is 5.56 Å². The monoisotopic (exact) mass is 445 g/mol. The Morgan fingerprint density at radius 2 is 1.81 bits per heavy atom. The summed E-state index contributed by atoms with van der Waals surface area (Å²) in [6.07, 6.45) is 5.56. The molecule has 0 atom stereocenters. The molecule has 0 unspecified atom stereocenters. The lowest BCUT2D eigenvalue weighted by atomic mass is 10.1. The minimum absolute atomic E-state index is 0.152. The maximum absolute atomic E-state index is 13.7. The van der Waals surface area contributed by atoms with E-state index < -0.39 is 15.8 Å². The number of rotatable bonds is 3. The third-order valence-corrected chi connectivity index (χ3v) is 6.27. The van der Waals surface area contributed by atoms with Crippen LogP contribution in [-0.2, 0) is 10.0 Å². The van der Waals surface area contributed by atoms with Crippen LogP contribution in [0.15, 0.2) is 70.6 Å². The van der Waals surface area contributed by atoms with E-state index in [1.165, 1.54) is 24.7 Å². The molecule has 27 heavy (non-hydrogen) atoms. The molecule has 3 heterocycles. The summed E-state index contributed by atoms with van der Waals surface area (Å²) < 4.78 is 41.8. The van der Waals surface area contributed by atoms with Crippen LogP contribution in [0.5, 0.6) is 0 Å². The van der Waals surface area contributed by atoms with Gasteiger partial charge in [-0.2, -0.15) is 0 Å². The molecular formula is C19H13BrFN3O2S. The second kappa shape index (κ2) is 6.54. The summed E-state index contributed by atoms with van der Waals surface area (Å²) in [7, 11) is -3.87. The van der Waals surface area contributed by atoms with E-state index in [9.17, 15) is 12.8 Å². The van der Waals surface area contributed by atoms with Crippen LogP contribution in [-0.4, -0.2) is 22.4 Å². The highest BCUT2D eigenvalue weighted by molar-refractivity contribution is 9.10. The van der Waals surface area contributed by atoms with Gasteiger partial charge < -0.3 is 0 Å². The van der Waals surface area contributed by atoms with Gasteiger partial charge in [-0.05, 0) is 47.1 Å². The summed E-state index contributed by atoms with van der Waals surface area (Å²) in [5, 5.41) is 0.576. The number of fused-ring (bicyclic) bond motifs is 1. The molecule has 0 aliphatic rings. The van der Waals surface area contributed by atoms with Gasteiger partial charge in [-0.1, -0.05) is 17.7 Å².